The van der Waals surface area contributed by atoms with Gasteiger partial charge in [0.2, 0.25) is 0 Å². The van der Waals surface area contributed by atoms with E-state index < -0.39 is 11.0 Å². The van der Waals surface area contributed by atoms with E-state index in [1.165, 1.54) is 0 Å². The maximum absolute atomic E-state index is 12.1. The highest BCUT2D eigenvalue weighted by Crippen LogP contribution is 2.09. The Balaban J connectivity index is 2.80. The Morgan fingerprint density at radius 3 is 2.13 bits per heavy atom. The van der Waals surface area contributed by atoms with Crippen LogP contribution in [0, 0.1) is 0 Å². The molecule has 0 bridgehead atoms. The summed E-state index contributed by atoms with van der Waals surface area (Å²) in [6.07, 6.45) is 3.48. The van der Waals surface area contributed by atoms with E-state index in [0.717, 1.165) is 4.90 Å². The highest BCUT2D eigenvalue weighted by Gasteiger charge is 2.11. The van der Waals surface area contributed by atoms with E-state index >= 15 is 0 Å². The van der Waals surface area contributed by atoms with Gasteiger partial charge in [0.15, 0.2) is 0 Å². The Morgan fingerprint density at radius 1 is 1.13 bits per heavy atom. The minimum Gasteiger partial charge on any atom is -0.237 e. The lowest BCUT2D eigenvalue weighted by Crippen LogP contribution is -2.26. The first-order valence-corrected chi connectivity index (χ1v) is 5.84. The fraction of sp³-hybridized carbons (Fsp3) is 0.167. The summed E-state index contributed by atoms with van der Waals surface area (Å²) >= 11 is 0. The van der Waals surface area contributed by atoms with Crippen molar-refractivity contribution in [1.82, 2.24) is 4.31 Å². The molecule has 3 heteroatoms. The number of hydrogen-bond donors (Lipinski definition) is 0. The van der Waals surface area contributed by atoms with Crippen molar-refractivity contribution < 1.29 is 4.21 Å². The highest BCUT2D eigenvalue weighted by atomic mass is 32.2. The van der Waals surface area contributed by atoms with E-state index in [0.29, 0.717) is 13.1 Å². The van der Waals surface area contributed by atoms with Crippen LogP contribution in [0.15, 0.2) is 60.5 Å². The Morgan fingerprint density at radius 2 is 1.67 bits per heavy atom. The van der Waals surface area contributed by atoms with Gasteiger partial charge in [-0.25, -0.2) is 8.51 Å². The summed E-state index contributed by atoms with van der Waals surface area (Å²) in [6, 6.07) is 9.39. The zero-order valence-electron chi connectivity index (χ0n) is 8.63. The van der Waals surface area contributed by atoms with Gasteiger partial charge in [0.1, 0.15) is 11.0 Å². The second-order valence-electron chi connectivity index (χ2n) is 2.99. The van der Waals surface area contributed by atoms with Gasteiger partial charge < -0.3 is 0 Å². The molecule has 0 aliphatic heterocycles. The number of nitrogens with zero attached hydrogens (tertiary/aromatic N) is 1. The zero-order chi connectivity index (χ0) is 11.1. The lowest BCUT2D eigenvalue weighted by molar-refractivity contribution is 0.531. The monoisotopic (exact) mass is 221 g/mol. The zero-order valence-corrected chi connectivity index (χ0v) is 9.45. The average Bonchev–Trinajstić information content (AvgIpc) is 2.29. The Kier molecular flexibility index (Phi) is 5.01. The van der Waals surface area contributed by atoms with Crippen LogP contribution < -0.4 is 0 Å². The second kappa shape index (κ2) is 6.32. The molecule has 0 radical (unpaired) electrons. The van der Waals surface area contributed by atoms with Gasteiger partial charge in [0, 0.05) is 13.1 Å². The summed E-state index contributed by atoms with van der Waals surface area (Å²) < 4.78 is 13.9. The van der Waals surface area contributed by atoms with Crippen LogP contribution in [0.1, 0.15) is 0 Å². The van der Waals surface area contributed by atoms with Crippen LogP contribution in [0.3, 0.4) is 0 Å². The molecule has 0 N–H and O–H groups in total. The van der Waals surface area contributed by atoms with Crippen molar-refractivity contribution in [3.63, 3.8) is 0 Å². The summed E-state index contributed by atoms with van der Waals surface area (Å²) in [5, 5.41) is 0. The van der Waals surface area contributed by atoms with Gasteiger partial charge in [-0.15, -0.1) is 13.2 Å². The summed E-state index contributed by atoms with van der Waals surface area (Å²) in [5.41, 5.74) is 0. The van der Waals surface area contributed by atoms with E-state index in [4.69, 9.17) is 0 Å². The summed E-state index contributed by atoms with van der Waals surface area (Å²) in [4.78, 5) is 0.807. The van der Waals surface area contributed by atoms with Crippen molar-refractivity contribution in [3.05, 3.63) is 55.6 Å². The molecule has 1 atom stereocenters. The standard InChI is InChI=1S/C12H15NOS/c1-3-10-13(11-4-2)15(14)12-8-6-5-7-9-12/h3-9H,1-2,10-11H2. The van der Waals surface area contributed by atoms with Crippen LogP contribution in [-0.4, -0.2) is 21.6 Å². The molecule has 0 saturated carbocycles. The average molecular weight is 221 g/mol. The minimum atomic E-state index is -1.13. The van der Waals surface area contributed by atoms with Crippen LogP contribution in [0.5, 0.6) is 0 Å². The molecular weight excluding hydrogens is 206 g/mol. The third-order valence-corrected chi connectivity index (χ3v) is 3.29. The molecule has 0 amide bonds. The molecule has 80 valence electrons. The molecule has 15 heavy (non-hydrogen) atoms. The van der Waals surface area contributed by atoms with Crippen LogP contribution in [0.25, 0.3) is 0 Å². The molecule has 0 heterocycles. The quantitative estimate of drug-likeness (QED) is 0.675. The summed E-state index contributed by atoms with van der Waals surface area (Å²) in [7, 11) is -1.13. The number of rotatable bonds is 6. The van der Waals surface area contributed by atoms with Gasteiger partial charge in [-0.3, -0.25) is 0 Å². The number of hydrogen-bond acceptors (Lipinski definition) is 1. The molecule has 0 aromatic heterocycles. The van der Waals surface area contributed by atoms with Crippen molar-refractivity contribution in [1.29, 1.82) is 0 Å². The molecule has 1 unspecified atom stereocenters. The molecule has 1 rings (SSSR count). The van der Waals surface area contributed by atoms with Gasteiger partial charge in [0.25, 0.3) is 0 Å². The summed E-state index contributed by atoms with van der Waals surface area (Å²) in [6.45, 7) is 8.48. The SMILES string of the molecule is C=CCN(CC=C)S(=O)c1ccccc1. The first kappa shape index (κ1) is 11.9. The van der Waals surface area contributed by atoms with E-state index in [2.05, 4.69) is 13.2 Å². The van der Waals surface area contributed by atoms with E-state index in [9.17, 15) is 4.21 Å². The molecule has 0 fully saturated rings. The van der Waals surface area contributed by atoms with Crippen LogP contribution >= 0.6 is 0 Å². The molecule has 1 aromatic rings. The Bertz CT molecular complexity index is 338. The second-order valence-corrected chi connectivity index (χ2v) is 4.47. The smallest absolute Gasteiger partial charge is 0.128 e. The Hall–Kier alpha value is -1.19. The largest absolute Gasteiger partial charge is 0.237 e. The van der Waals surface area contributed by atoms with Gasteiger partial charge in [-0.05, 0) is 12.1 Å². The Labute approximate surface area is 93.5 Å². The van der Waals surface area contributed by atoms with Crippen molar-refractivity contribution in [2.24, 2.45) is 0 Å². The molecule has 0 saturated heterocycles. The van der Waals surface area contributed by atoms with Crippen molar-refractivity contribution in [2.75, 3.05) is 13.1 Å². The van der Waals surface area contributed by atoms with E-state index in [1.807, 2.05) is 30.3 Å². The fourth-order valence-corrected chi connectivity index (χ4v) is 2.35. The molecule has 1 aromatic carbocycles. The highest BCUT2D eigenvalue weighted by molar-refractivity contribution is 7.82. The third-order valence-electron chi connectivity index (χ3n) is 1.84. The van der Waals surface area contributed by atoms with Gasteiger partial charge in [0.05, 0.1) is 4.90 Å². The molecule has 0 spiro atoms. The first-order chi connectivity index (χ1) is 7.29. The fourth-order valence-electron chi connectivity index (χ4n) is 1.18. The van der Waals surface area contributed by atoms with Crippen LogP contribution in [0.4, 0.5) is 0 Å². The predicted octanol–water partition coefficient (Wildman–Crippen LogP) is 2.38. The minimum absolute atomic E-state index is 0.591. The van der Waals surface area contributed by atoms with E-state index in [-0.39, 0.29) is 0 Å². The maximum Gasteiger partial charge on any atom is 0.128 e. The molecular formula is C12H15NOS. The lowest BCUT2D eigenvalue weighted by Gasteiger charge is -2.17. The molecule has 2 nitrogen and oxygen atoms in total. The topological polar surface area (TPSA) is 20.3 Å². The van der Waals surface area contributed by atoms with Crippen molar-refractivity contribution in [2.45, 2.75) is 4.90 Å². The normalized spacial score (nSPS) is 12.3. The van der Waals surface area contributed by atoms with Gasteiger partial charge in [-0.1, -0.05) is 30.4 Å². The van der Waals surface area contributed by atoms with Crippen molar-refractivity contribution >= 4 is 11.0 Å². The molecule has 0 aliphatic rings. The van der Waals surface area contributed by atoms with Crippen molar-refractivity contribution in [3.8, 4) is 0 Å². The van der Waals surface area contributed by atoms with E-state index in [1.54, 1.807) is 16.5 Å². The third kappa shape index (κ3) is 3.46. The predicted molar refractivity (Wildman–Crippen MR) is 64.8 cm³/mol. The number of benzene rings is 1. The lowest BCUT2D eigenvalue weighted by atomic mass is 10.4. The maximum atomic E-state index is 12.1. The van der Waals surface area contributed by atoms with Gasteiger partial charge >= 0.3 is 0 Å². The van der Waals surface area contributed by atoms with Crippen LogP contribution in [0.2, 0.25) is 0 Å². The first-order valence-electron chi connectivity index (χ1n) is 4.73. The summed E-state index contributed by atoms with van der Waals surface area (Å²) in [5.74, 6) is 0. The molecule has 0 aliphatic carbocycles. The van der Waals surface area contributed by atoms with Crippen LogP contribution in [-0.2, 0) is 11.0 Å². The van der Waals surface area contributed by atoms with Gasteiger partial charge in [-0.2, -0.15) is 0 Å².